The fourth-order valence-electron chi connectivity index (χ4n) is 1.02. The zero-order chi connectivity index (χ0) is 16.3. The number of carbonyl (C=O) groups is 1. The summed E-state index contributed by atoms with van der Waals surface area (Å²) in [6, 6.07) is 3.78. The van der Waals surface area contributed by atoms with Gasteiger partial charge in [0.15, 0.2) is 6.02 Å². The molecule has 1 aromatic rings. The van der Waals surface area contributed by atoms with Crippen LogP contribution < -0.4 is 5.32 Å². The Morgan fingerprint density at radius 1 is 1.50 bits per heavy atom. The van der Waals surface area contributed by atoms with E-state index in [-0.39, 0.29) is 6.61 Å². The maximum atomic E-state index is 12.7. The molecule has 1 rings (SSSR count). The second kappa shape index (κ2) is 6.25. The van der Waals surface area contributed by atoms with Crippen molar-refractivity contribution in [2.24, 2.45) is 0 Å². The van der Waals surface area contributed by atoms with Crippen LogP contribution in [0.15, 0.2) is 30.3 Å². The summed E-state index contributed by atoms with van der Waals surface area (Å²) < 4.78 is 62.8. The molecule has 0 aliphatic carbocycles. The highest BCUT2D eigenvalue weighted by Gasteiger charge is 2.40. The van der Waals surface area contributed by atoms with Gasteiger partial charge in [0.1, 0.15) is 6.61 Å². The number of hydrogen-bond donors (Lipinski definition) is 2. The molecule has 0 aliphatic rings. The van der Waals surface area contributed by atoms with Gasteiger partial charge in [0.2, 0.25) is 0 Å². The Bertz CT molecular complexity index is 477. The summed E-state index contributed by atoms with van der Waals surface area (Å²) in [5, 5.41) is 9.86. The van der Waals surface area contributed by atoms with E-state index in [4.69, 9.17) is 9.22 Å². The zero-order valence-electron chi connectivity index (χ0n) is 12.0. The quantitative estimate of drug-likeness (QED) is 0.874. The van der Waals surface area contributed by atoms with Gasteiger partial charge in [-0.05, 0) is 5.56 Å². The van der Waals surface area contributed by atoms with Gasteiger partial charge >= 0.3 is 12.3 Å². The Balaban J connectivity index is 2.75. The number of ether oxygens (including phenoxy) is 1. The van der Waals surface area contributed by atoms with Crippen LogP contribution in [0.5, 0.6) is 0 Å². The van der Waals surface area contributed by atoms with E-state index in [0.29, 0.717) is 5.56 Å². The normalized spacial score (nSPS) is 17.9. The average molecular weight is 266 g/mol. The van der Waals surface area contributed by atoms with Crippen molar-refractivity contribution >= 4 is 6.09 Å². The Morgan fingerprint density at radius 3 is 2.61 bits per heavy atom. The summed E-state index contributed by atoms with van der Waals surface area (Å²) >= 11 is 0. The fraction of sp³-hybridized carbons (Fsp3) is 0.364. The highest BCUT2D eigenvalue weighted by molar-refractivity contribution is 5.67. The lowest BCUT2D eigenvalue weighted by molar-refractivity contribution is -0.162. The van der Waals surface area contributed by atoms with Crippen LogP contribution in [0.4, 0.5) is 18.0 Å². The van der Waals surface area contributed by atoms with E-state index in [1.54, 1.807) is 30.3 Å². The van der Waals surface area contributed by atoms with Crippen molar-refractivity contribution in [3.8, 4) is 0 Å². The number of nitrogens with one attached hydrogen (secondary N) is 1. The molecule has 0 aromatic heterocycles. The van der Waals surface area contributed by atoms with E-state index >= 15 is 0 Å². The molecule has 0 fully saturated rings. The molecule has 4 nitrogen and oxygen atoms in total. The minimum Gasteiger partial charge on any atom is -0.445 e. The van der Waals surface area contributed by atoms with Crippen molar-refractivity contribution in [1.29, 1.82) is 0 Å². The Morgan fingerprint density at radius 2 is 2.11 bits per heavy atom. The number of rotatable bonds is 4. The molecule has 18 heavy (non-hydrogen) atoms. The van der Waals surface area contributed by atoms with Gasteiger partial charge in [-0.3, -0.25) is 0 Å². The van der Waals surface area contributed by atoms with Gasteiger partial charge < -0.3 is 15.2 Å². The third-order valence-corrected chi connectivity index (χ3v) is 1.84. The van der Waals surface area contributed by atoms with Crippen LogP contribution in [-0.2, 0) is 11.3 Å². The fourth-order valence-corrected chi connectivity index (χ4v) is 1.02. The SMILES string of the molecule is [2H]C([2H])(O)[C@]([2H])(NC(=O)OCc1ccccc1)C(F)(F)F. The first-order valence-electron chi connectivity index (χ1n) is 6.25. The Kier molecular flexibility index (Phi) is 3.54. The van der Waals surface area contributed by atoms with E-state index in [9.17, 15) is 18.0 Å². The van der Waals surface area contributed by atoms with E-state index in [1.807, 2.05) is 0 Å². The van der Waals surface area contributed by atoms with Gasteiger partial charge in [0.25, 0.3) is 0 Å². The number of hydrogen-bond acceptors (Lipinski definition) is 3. The summed E-state index contributed by atoms with van der Waals surface area (Å²) in [7, 11) is 0. The molecule has 100 valence electrons. The zero-order valence-corrected chi connectivity index (χ0v) is 8.99. The monoisotopic (exact) mass is 266 g/mol. The van der Waals surface area contributed by atoms with Crippen molar-refractivity contribution < 1.29 is 31.9 Å². The predicted molar refractivity (Wildman–Crippen MR) is 56.7 cm³/mol. The molecule has 0 saturated carbocycles. The van der Waals surface area contributed by atoms with Gasteiger partial charge in [-0.1, -0.05) is 30.3 Å². The highest BCUT2D eigenvalue weighted by Crippen LogP contribution is 2.19. The van der Waals surface area contributed by atoms with Gasteiger partial charge in [0, 0.05) is 0 Å². The summed E-state index contributed by atoms with van der Waals surface area (Å²) in [5.74, 6) is 0. The number of aliphatic hydroxyl groups is 1. The molecular weight excluding hydrogens is 251 g/mol. The summed E-state index contributed by atoms with van der Waals surface area (Å²) in [4.78, 5) is 11.3. The molecule has 0 aliphatic heterocycles. The summed E-state index contributed by atoms with van der Waals surface area (Å²) in [6.45, 7) is -4.41. The van der Waals surface area contributed by atoms with E-state index < -0.39 is 24.8 Å². The van der Waals surface area contributed by atoms with E-state index in [2.05, 4.69) is 4.74 Å². The molecule has 0 unspecified atom stereocenters. The molecule has 1 atom stereocenters. The predicted octanol–water partition coefficient (Wildman–Crippen LogP) is 1.84. The van der Waals surface area contributed by atoms with Crippen LogP contribution >= 0.6 is 0 Å². The van der Waals surface area contributed by atoms with Crippen LogP contribution in [0, 0.1) is 0 Å². The number of amides is 1. The highest BCUT2D eigenvalue weighted by atomic mass is 19.4. The van der Waals surface area contributed by atoms with Crippen LogP contribution in [0.2, 0.25) is 0 Å². The van der Waals surface area contributed by atoms with Gasteiger partial charge in [0.05, 0.1) is 10.7 Å². The number of alkyl halides is 3. The Labute approximate surface area is 106 Å². The van der Waals surface area contributed by atoms with Gasteiger partial charge in [-0.2, -0.15) is 13.2 Å². The van der Waals surface area contributed by atoms with Gasteiger partial charge in [-0.25, -0.2) is 4.79 Å². The maximum Gasteiger partial charge on any atom is 0.410 e. The molecule has 1 amide bonds. The lowest BCUT2D eigenvalue weighted by Crippen LogP contribution is -2.47. The first-order chi connectivity index (χ1) is 9.47. The largest absolute Gasteiger partial charge is 0.445 e. The second-order valence-corrected chi connectivity index (χ2v) is 3.17. The first kappa shape index (κ1) is 10.2. The molecule has 0 bridgehead atoms. The van der Waals surface area contributed by atoms with Crippen LogP contribution in [0.1, 0.15) is 9.68 Å². The Hall–Kier alpha value is -1.76. The lowest BCUT2D eigenvalue weighted by Gasteiger charge is -2.18. The summed E-state index contributed by atoms with van der Waals surface area (Å²) in [5.41, 5.74) is 0.488. The van der Waals surface area contributed by atoms with Crippen molar-refractivity contribution in [3.05, 3.63) is 35.9 Å². The van der Waals surface area contributed by atoms with Crippen LogP contribution in [0.25, 0.3) is 0 Å². The van der Waals surface area contributed by atoms with Crippen molar-refractivity contribution in [2.45, 2.75) is 18.8 Å². The molecule has 1 aromatic carbocycles. The average Bonchev–Trinajstić information content (AvgIpc) is 2.35. The molecule has 0 spiro atoms. The molecule has 7 heteroatoms. The number of alkyl carbamates (subject to hydrolysis) is 1. The maximum absolute atomic E-state index is 12.7. The third kappa shape index (κ3) is 4.62. The summed E-state index contributed by atoms with van der Waals surface area (Å²) in [6.07, 6.45) is -7.22. The van der Waals surface area contributed by atoms with Crippen molar-refractivity contribution in [3.63, 3.8) is 0 Å². The van der Waals surface area contributed by atoms with E-state index in [1.165, 1.54) is 0 Å². The van der Waals surface area contributed by atoms with Crippen molar-refractivity contribution in [1.82, 2.24) is 5.32 Å². The molecule has 0 saturated heterocycles. The minimum absolute atomic E-state index is 0.366. The number of carbonyl (C=O) groups excluding carboxylic acids is 1. The third-order valence-electron chi connectivity index (χ3n) is 1.84. The van der Waals surface area contributed by atoms with E-state index in [0.717, 1.165) is 5.32 Å². The van der Waals surface area contributed by atoms with Crippen LogP contribution in [-0.4, -0.2) is 30.0 Å². The lowest BCUT2D eigenvalue weighted by atomic mass is 10.2. The minimum atomic E-state index is -5.54. The van der Waals surface area contributed by atoms with Crippen molar-refractivity contribution in [2.75, 3.05) is 6.56 Å². The smallest absolute Gasteiger partial charge is 0.410 e. The molecule has 2 N–H and O–H groups in total. The second-order valence-electron chi connectivity index (χ2n) is 3.17. The number of halogens is 3. The topological polar surface area (TPSA) is 58.6 Å². The molecular formula is C11H12F3NO3. The van der Waals surface area contributed by atoms with Crippen LogP contribution in [0.3, 0.4) is 0 Å². The molecule has 0 heterocycles. The first-order valence-corrected chi connectivity index (χ1v) is 4.75. The van der Waals surface area contributed by atoms with Gasteiger partial charge in [-0.15, -0.1) is 0 Å². The standard InChI is InChI=1S/C11H12F3NO3/c12-11(13,14)9(6-16)15-10(17)18-7-8-4-2-1-3-5-8/h1-5,9,16H,6-7H2,(H,15,17)/t9-/m0/s1/i6D2,9D. The number of benzene rings is 1. The molecule has 0 radical (unpaired) electrons.